The molecule has 0 bridgehead atoms. The van der Waals surface area contributed by atoms with E-state index in [-0.39, 0.29) is 12.6 Å². The number of thiazole rings is 1. The fourth-order valence-electron chi connectivity index (χ4n) is 4.56. The first-order valence-electron chi connectivity index (χ1n) is 11.5. The summed E-state index contributed by atoms with van der Waals surface area (Å²) in [5, 5.41) is 17.6. The molecule has 2 aromatic carbocycles. The summed E-state index contributed by atoms with van der Waals surface area (Å²) in [5.41, 5.74) is 5.28. The Morgan fingerprint density at radius 3 is 2.70 bits per heavy atom. The zero-order chi connectivity index (χ0) is 22.8. The summed E-state index contributed by atoms with van der Waals surface area (Å²) in [4.78, 5) is 14.6. The van der Waals surface area contributed by atoms with E-state index in [2.05, 4.69) is 47.9 Å². The van der Waals surface area contributed by atoms with Crippen molar-refractivity contribution in [2.75, 3.05) is 17.2 Å². The molecule has 0 radical (unpaired) electrons. The van der Waals surface area contributed by atoms with Gasteiger partial charge in [0.15, 0.2) is 0 Å². The molecule has 1 saturated carbocycles. The van der Waals surface area contributed by atoms with Crippen molar-refractivity contribution in [2.45, 2.75) is 45.7 Å². The van der Waals surface area contributed by atoms with E-state index in [9.17, 15) is 5.11 Å². The average Bonchev–Trinajstić information content (AvgIpc) is 3.44. The molecule has 6 nitrogen and oxygen atoms in total. The second-order valence-corrected chi connectivity index (χ2v) is 9.92. The summed E-state index contributed by atoms with van der Waals surface area (Å²) in [6, 6.07) is 16.9. The van der Waals surface area contributed by atoms with Gasteiger partial charge in [-0.05, 0) is 56.7 Å². The highest BCUT2D eigenvalue weighted by Crippen LogP contribution is 2.37. The smallest absolute Gasteiger partial charge is 0.225 e. The van der Waals surface area contributed by atoms with E-state index in [1.165, 1.54) is 11.1 Å². The van der Waals surface area contributed by atoms with Crippen molar-refractivity contribution in [1.29, 1.82) is 0 Å². The van der Waals surface area contributed by atoms with Crippen molar-refractivity contribution in [3.05, 3.63) is 65.4 Å². The Hall–Kier alpha value is -3.03. The molecule has 2 atom stereocenters. The molecule has 1 aliphatic rings. The van der Waals surface area contributed by atoms with Crippen molar-refractivity contribution >= 4 is 33.3 Å². The predicted molar refractivity (Wildman–Crippen MR) is 136 cm³/mol. The van der Waals surface area contributed by atoms with Crippen LogP contribution in [0.4, 0.5) is 11.8 Å². The Morgan fingerprint density at radius 2 is 1.91 bits per heavy atom. The molecule has 0 spiro atoms. The number of nitrogens with one attached hydrogen (secondary N) is 2. The minimum atomic E-state index is 0.245. The third-order valence-corrected chi connectivity index (χ3v) is 7.32. The summed E-state index contributed by atoms with van der Waals surface area (Å²) in [6.45, 7) is 5.03. The maximum atomic E-state index is 9.58. The lowest BCUT2D eigenvalue weighted by Crippen LogP contribution is -2.19. The molecular weight excluding hydrogens is 430 g/mol. The highest BCUT2D eigenvalue weighted by atomic mass is 32.1. The second kappa shape index (κ2) is 9.45. The summed E-state index contributed by atoms with van der Waals surface area (Å²) in [7, 11) is 0. The van der Waals surface area contributed by atoms with Crippen molar-refractivity contribution in [1.82, 2.24) is 15.0 Å². The lowest BCUT2D eigenvalue weighted by molar-refractivity contribution is 0.229. The topological polar surface area (TPSA) is 83.0 Å². The summed E-state index contributed by atoms with van der Waals surface area (Å²) >= 11 is 1.67. The summed E-state index contributed by atoms with van der Waals surface area (Å²) in [6.07, 6.45) is 3.01. The number of hydrogen-bond acceptors (Lipinski definition) is 7. The van der Waals surface area contributed by atoms with E-state index in [0.717, 1.165) is 51.6 Å². The molecule has 0 unspecified atom stereocenters. The lowest BCUT2D eigenvalue weighted by atomic mass is 10.1. The molecule has 2 heterocycles. The van der Waals surface area contributed by atoms with Crippen LogP contribution in [-0.2, 0) is 6.54 Å². The first kappa shape index (κ1) is 21.8. The van der Waals surface area contributed by atoms with Crippen LogP contribution in [0.2, 0.25) is 0 Å². The Bertz CT molecular complexity index is 1240. The first-order chi connectivity index (χ1) is 16.1. The summed E-state index contributed by atoms with van der Waals surface area (Å²) < 4.78 is 1.15. The number of para-hydroxylation sites is 1. The van der Waals surface area contributed by atoms with Crippen LogP contribution in [0.3, 0.4) is 0 Å². The number of aliphatic hydroxyl groups is 1. The number of rotatable bonds is 7. The fourth-order valence-corrected chi connectivity index (χ4v) is 5.62. The number of anilines is 2. The van der Waals surface area contributed by atoms with Gasteiger partial charge in [-0.1, -0.05) is 42.0 Å². The highest BCUT2D eigenvalue weighted by Gasteiger charge is 2.26. The molecule has 0 saturated heterocycles. The van der Waals surface area contributed by atoms with Crippen molar-refractivity contribution in [2.24, 2.45) is 5.92 Å². The van der Waals surface area contributed by atoms with Gasteiger partial charge in [0.05, 0.1) is 21.5 Å². The zero-order valence-electron chi connectivity index (χ0n) is 19.0. The quantitative estimate of drug-likeness (QED) is 0.336. The van der Waals surface area contributed by atoms with Gasteiger partial charge < -0.3 is 15.7 Å². The van der Waals surface area contributed by atoms with Crippen LogP contribution in [0.25, 0.3) is 20.8 Å². The Balaban J connectivity index is 1.48. The third kappa shape index (κ3) is 4.84. The number of aliphatic hydroxyl groups excluding tert-OH is 1. The van der Waals surface area contributed by atoms with Crippen LogP contribution < -0.4 is 10.6 Å². The van der Waals surface area contributed by atoms with E-state index in [4.69, 9.17) is 15.0 Å². The van der Waals surface area contributed by atoms with Gasteiger partial charge in [0.25, 0.3) is 0 Å². The number of benzene rings is 2. The first-order valence-corrected chi connectivity index (χ1v) is 12.3. The van der Waals surface area contributed by atoms with Crippen LogP contribution in [0.1, 0.15) is 36.1 Å². The molecule has 4 aromatic rings. The molecule has 2 aromatic heterocycles. The molecule has 33 heavy (non-hydrogen) atoms. The van der Waals surface area contributed by atoms with E-state index in [1.54, 1.807) is 11.3 Å². The highest BCUT2D eigenvalue weighted by molar-refractivity contribution is 7.21. The minimum Gasteiger partial charge on any atom is -0.396 e. The fraction of sp³-hybridized carbons (Fsp3) is 0.346. The molecule has 170 valence electrons. The minimum absolute atomic E-state index is 0.245. The molecule has 1 fully saturated rings. The normalized spacial score (nSPS) is 18.0. The Labute approximate surface area is 198 Å². The lowest BCUT2D eigenvalue weighted by Gasteiger charge is -2.18. The van der Waals surface area contributed by atoms with Crippen LogP contribution in [0.5, 0.6) is 0 Å². The van der Waals surface area contributed by atoms with Crippen LogP contribution in [0.15, 0.2) is 48.5 Å². The molecule has 0 aliphatic heterocycles. The summed E-state index contributed by atoms with van der Waals surface area (Å²) in [5.74, 6) is 1.78. The van der Waals surface area contributed by atoms with E-state index in [1.807, 2.05) is 25.1 Å². The molecular formula is C26H29N5OS. The molecule has 1 aliphatic carbocycles. The van der Waals surface area contributed by atoms with Crippen molar-refractivity contribution in [3.63, 3.8) is 0 Å². The third-order valence-electron chi connectivity index (χ3n) is 6.27. The van der Waals surface area contributed by atoms with E-state index in [0.29, 0.717) is 18.4 Å². The number of fused-ring (bicyclic) bond motifs is 1. The number of nitrogens with zero attached hydrogens (tertiary/aromatic N) is 3. The Kier molecular flexibility index (Phi) is 6.24. The number of hydrogen-bond donors (Lipinski definition) is 3. The van der Waals surface area contributed by atoms with Crippen LogP contribution in [-0.4, -0.2) is 32.7 Å². The van der Waals surface area contributed by atoms with E-state index >= 15 is 0 Å². The molecule has 3 N–H and O–H groups in total. The number of aryl methyl sites for hydroxylation is 2. The van der Waals surface area contributed by atoms with Gasteiger partial charge in [-0.25, -0.2) is 9.97 Å². The largest absolute Gasteiger partial charge is 0.396 e. The van der Waals surface area contributed by atoms with Gasteiger partial charge in [0, 0.05) is 19.2 Å². The van der Waals surface area contributed by atoms with Gasteiger partial charge in [-0.3, -0.25) is 0 Å². The maximum Gasteiger partial charge on any atom is 0.225 e. The van der Waals surface area contributed by atoms with Crippen molar-refractivity contribution < 1.29 is 5.11 Å². The monoisotopic (exact) mass is 459 g/mol. The number of aromatic nitrogens is 3. The van der Waals surface area contributed by atoms with Crippen LogP contribution >= 0.6 is 11.3 Å². The molecule has 7 heteroatoms. The maximum absolute atomic E-state index is 9.58. The SMILES string of the molecule is Cc1cccc(CNc2nc(C)c(-c3nc4ccccc4s3)c(N[C@H]3CC[C@@H](CO)C3)n2)c1. The molecule has 5 rings (SSSR count). The zero-order valence-corrected chi connectivity index (χ0v) is 19.8. The van der Waals surface area contributed by atoms with Gasteiger partial charge in [0.2, 0.25) is 5.95 Å². The van der Waals surface area contributed by atoms with Gasteiger partial charge in [0.1, 0.15) is 10.8 Å². The van der Waals surface area contributed by atoms with Crippen molar-refractivity contribution in [3.8, 4) is 10.6 Å². The van der Waals surface area contributed by atoms with E-state index < -0.39 is 0 Å². The van der Waals surface area contributed by atoms with Gasteiger partial charge in [-0.2, -0.15) is 4.98 Å². The predicted octanol–water partition coefficient (Wildman–Crippen LogP) is 5.56. The standard InChI is InChI=1S/C26H29N5OS/c1-16-6-5-7-18(12-16)14-27-26-28-17(2)23(25-30-21-8-3-4-9-22(21)33-25)24(31-26)29-20-11-10-19(13-20)15-32/h3-9,12,19-20,32H,10-11,13-15H2,1-2H3,(H2,27,28,29,31)/t19-,20+/m1/s1. The molecule has 0 amide bonds. The Morgan fingerprint density at radius 1 is 1.03 bits per heavy atom. The van der Waals surface area contributed by atoms with Gasteiger partial charge in [-0.15, -0.1) is 11.3 Å². The average molecular weight is 460 g/mol. The van der Waals surface area contributed by atoms with Crippen LogP contribution in [0, 0.1) is 19.8 Å². The van der Waals surface area contributed by atoms with Gasteiger partial charge >= 0.3 is 0 Å². The second-order valence-electron chi connectivity index (χ2n) is 8.89.